The fraction of sp³-hybridized carbons (Fsp3) is 0.0769. The molecule has 6 aromatic carbocycles. The van der Waals surface area contributed by atoms with Crippen LogP contribution < -0.4 is 21.3 Å². The summed E-state index contributed by atoms with van der Waals surface area (Å²) >= 11 is 0. The summed E-state index contributed by atoms with van der Waals surface area (Å²) in [7, 11) is 0. The van der Waals surface area contributed by atoms with Gasteiger partial charge in [-0.25, -0.2) is 8.78 Å². The Labute approximate surface area is 254 Å². The first-order chi connectivity index (χ1) is 21.4. The Morgan fingerprint density at radius 3 is 2.02 bits per heavy atom. The lowest BCUT2D eigenvalue weighted by Gasteiger charge is -2.40. The smallest absolute Gasteiger partial charge is 0.252 e. The van der Waals surface area contributed by atoms with Gasteiger partial charge in [0.05, 0.1) is 5.52 Å². The molecule has 0 N–H and O–H groups in total. The van der Waals surface area contributed by atoms with Crippen molar-refractivity contribution in [3.05, 3.63) is 138 Å². The van der Waals surface area contributed by atoms with Gasteiger partial charge in [-0.3, -0.25) is 0 Å². The van der Waals surface area contributed by atoms with Crippen molar-refractivity contribution in [3.8, 4) is 16.8 Å². The van der Waals surface area contributed by atoms with Crippen LogP contribution >= 0.6 is 0 Å². The Kier molecular flexibility index (Phi) is 5.15. The van der Waals surface area contributed by atoms with Crippen molar-refractivity contribution < 1.29 is 8.78 Å². The van der Waals surface area contributed by atoms with E-state index in [2.05, 4.69) is 98.1 Å². The number of para-hydroxylation sites is 4. The van der Waals surface area contributed by atoms with Gasteiger partial charge < -0.3 is 9.47 Å². The summed E-state index contributed by atoms with van der Waals surface area (Å²) in [5, 5.41) is 2.40. The molecule has 0 radical (unpaired) electrons. The molecule has 5 heteroatoms. The summed E-state index contributed by atoms with van der Waals surface area (Å²) in [5.41, 5.74) is 13.9. The molecule has 2 nitrogen and oxygen atoms in total. The molecule has 210 valence electrons. The largest absolute Gasteiger partial charge is 0.310 e. The second kappa shape index (κ2) is 8.93. The second-order valence-electron chi connectivity index (χ2n) is 12.2. The molecular weight excluding hydrogens is 545 g/mol. The maximum absolute atomic E-state index is 15.8. The summed E-state index contributed by atoms with van der Waals surface area (Å²) in [4.78, 5) is 1.81. The maximum atomic E-state index is 15.8. The molecule has 2 aliphatic heterocycles. The Morgan fingerprint density at radius 1 is 0.591 bits per heavy atom. The SMILES string of the molecule is Cc1cc(C)c(-c2cc3c4c(c2)-n2c5ccccc5c5cccc(c52)B4c2ccccc2N3c2c(F)cccc2F)c(C)c1. The van der Waals surface area contributed by atoms with Crippen molar-refractivity contribution in [1.29, 1.82) is 0 Å². The molecule has 0 atom stereocenters. The van der Waals surface area contributed by atoms with Gasteiger partial charge in [-0.1, -0.05) is 78.4 Å². The van der Waals surface area contributed by atoms with Crippen LogP contribution in [-0.2, 0) is 0 Å². The van der Waals surface area contributed by atoms with Crippen LogP contribution in [0.1, 0.15) is 16.7 Å². The molecule has 0 spiro atoms. The highest BCUT2D eigenvalue weighted by atomic mass is 19.1. The minimum absolute atomic E-state index is 0.0588. The van der Waals surface area contributed by atoms with E-state index in [0.717, 1.165) is 44.6 Å². The van der Waals surface area contributed by atoms with Crippen LogP contribution in [0.2, 0.25) is 0 Å². The van der Waals surface area contributed by atoms with Gasteiger partial charge in [0.2, 0.25) is 0 Å². The van der Waals surface area contributed by atoms with E-state index in [1.165, 1.54) is 56.6 Å². The molecule has 44 heavy (non-hydrogen) atoms. The van der Waals surface area contributed by atoms with Crippen LogP contribution in [0.5, 0.6) is 0 Å². The van der Waals surface area contributed by atoms with Crippen molar-refractivity contribution in [2.24, 2.45) is 0 Å². The molecular formula is C39H27BF2N2. The van der Waals surface area contributed by atoms with Crippen molar-refractivity contribution in [2.75, 3.05) is 4.90 Å². The Morgan fingerprint density at radius 2 is 1.23 bits per heavy atom. The number of benzene rings is 6. The predicted molar refractivity (Wildman–Crippen MR) is 180 cm³/mol. The van der Waals surface area contributed by atoms with E-state index in [9.17, 15) is 0 Å². The van der Waals surface area contributed by atoms with Gasteiger partial charge in [-0.15, -0.1) is 0 Å². The zero-order valence-corrected chi connectivity index (χ0v) is 24.6. The number of rotatable bonds is 2. The van der Waals surface area contributed by atoms with Crippen LogP contribution in [0.15, 0.2) is 109 Å². The van der Waals surface area contributed by atoms with Crippen molar-refractivity contribution in [2.45, 2.75) is 20.8 Å². The normalized spacial score (nSPS) is 13.0. The van der Waals surface area contributed by atoms with Crippen LogP contribution in [-0.4, -0.2) is 11.3 Å². The van der Waals surface area contributed by atoms with Gasteiger partial charge >= 0.3 is 0 Å². The molecule has 9 rings (SSSR count). The first kappa shape index (κ1) is 25.4. The maximum Gasteiger partial charge on any atom is 0.252 e. The zero-order chi connectivity index (χ0) is 29.9. The number of hydrogen-bond donors (Lipinski definition) is 0. The second-order valence-corrected chi connectivity index (χ2v) is 12.2. The molecule has 1 aromatic heterocycles. The van der Waals surface area contributed by atoms with E-state index >= 15 is 8.78 Å². The molecule has 0 bridgehead atoms. The molecule has 0 amide bonds. The molecule has 0 saturated heterocycles. The Bertz CT molecular complexity index is 2330. The van der Waals surface area contributed by atoms with Crippen LogP contribution in [0.4, 0.5) is 25.8 Å². The fourth-order valence-corrected chi connectivity index (χ4v) is 8.08. The average Bonchev–Trinajstić information content (AvgIpc) is 3.35. The minimum atomic E-state index is -0.592. The predicted octanol–water partition coefficient (Wildman–Crippen LogP) is 8.27. The van der Waals surface area contributed by atoms with E-state index in [1.54, 1.807) is 0 Å². The van der Waals surface area contributed by atoms with E-state index < -0.39 is 11.6 Å². The number of fused-ring (bicyclic) bond motifs is 7. The highest BCUT2D eigenvalue weighted by molar-refractivity contribution is 7.00. The van der Waals surface area contributed by atoms with Gasteiger partial charge in [-0.05, 0) is 95.8 Å². The highest BCUT2D eigenvalue weighted by Crippen LogP contribution is 2.45. The number of nitrogens with zero attached hydrogens (tertiary/aromatic N) is 2. The summed E-state index contributed by atoms with van der Waals surface area (Å²) in [5.74, 6) is -1.18. The highest BCUT2D eigenvalue weighted by Gasteiger charge is 2.43. The monoisotopic (exact) mass is 572 g/mol. The summed E-state index contributed by atoms with van der Waals surface area (Å²) in [6, 6.07) is 36.1. The van der Waals surface area contributed by atoms with Crippen LogP contribution in [0.3, 0.4) is 0 Å². The van der Waals surface area contributed by atoms with Crippen LogP contribution in [0.25, 0.3) is 38.6 Å². The quantitative estimate of drug-likeness (QED) is 0.189. The molecule has 2 aliphatic rings. The van der Waals surface area contributed by atoms with E-state index in [4.69, 9.17) is 0 Å². The lowest BCUT2D eigenvalue weighted by Crippen LogP contribution is -2.60. The Balaban J connectivity index is 1.51. The standard InChI is InChI=1S/C39H27BF2N2/c1-22-18-23(2)36(24(3)19-22)25-20-34-37-35(21-25)44(39-30(41)14-9-15-31(39)42)33-17-7-5-12-28(33)40(37)29-13-8-11-27-26-10-4-6-16-32(26)43(34)38(27)29/h4-21H,1-3H3. The number of anilines is 3. The zero-order valence-electron chi connectivity index (χ0n) is 24.6. The number of aromatic nitrogens is 1. The number of halogens is 2. The number of aryl methyl sites for hydroxylation is 3. The molecule has 3 heterocycles. The molecule has 0 saturated carbocycles. The third-order valence-corrected chi connectivity index (χ3v) is 9.56. The Hall–Kier alpha value is -5.16. The fourth-order valence-electron chi connectivity index (χ4n) is 8.08. The van der Waals surface area contributed by atoms with Crippen molar-refractivity contribution in [3.63, 3.8) is 0 Å². The molecule has 0 fully saturated rings. The summed E-state index contributed by atoms with van der Waals surface area (Å²) < 4.78 is 34.0. The van der Waals surface area contributed by atoms with Crippen molar-refractivity contribution in [1.82, 2.24) is 4.57 Å². The average molecular weight is 572 g/mol. The third kappa shape index (κ3) is 3.24. The minimum Gasteiger partial charge on any atom is -0.310 e. The van der Waals surface area contributed by atoms with Gasteiger partial charge in [0.25, 0.3) is 6.71 Å². The first-order valence-electron chi connectivity index (χ1n) is 15.0. The van der Waals surface area contributed by atoms with E-state index in [1.807, 2.05) is 23.1 Å². The van der Waals surface area contributed by atoms with Gasteiger partial charge in [-0.2, -0.15) is 0 Å². The molecule has 7 aromatic rings. The van der Waals surface area contributed by atoms with Gasteiger partial charge in [0.1, 0.15) is 17.3 Å². The van der Waals surface area contributed by atoms with Crippen LogP contribution in [0, 0.1) is 32.4 Å². The lowest BCUT2D eigenvalue weighted by molar-refractivity contribution is 0.586. The van der Waals surface area contributed by atoms with E-state index in [0.29, 0.717) is 0 Å². The lowest BCUT2D eigenvalue weighted by atomic mass is 9.33. The summed E-state index contributed by atoms with van der Waals surface area (Å²) in [6.45, 7) is 6.30. The molecule has 0 aliphatic carbocycles. The van der Waals surface area contributed by atoms with Crippen molar-refractivity contribution >= 4 is 62.0 Å². The first-order valence-corrected chi connectivity index (χ1v) is 15.0. The number of hydrogen-bond acceptors (Lipinski definition) is 1. The third-order valence-electron chi connectivity index (χ3n) is 9.56. The topological polar surface area (TPSA) is 8.17 Å². The van der Waals surface area contributed by atoms with Gasteiger partial charge in [0, 0.05) is 33.4 Å². The molecule has 0 unspecified atom stereocenters. The summed E-state index contributed by atoms with van der Waals surface area (Å²) in [6.07, 6.45) is 0. The van der Waals surface area contributed by atoms with E-state index in [-0.39, 0.29) is 12.4 Å². The van der Waals surface area contributed by atoms with Gasteiger partial charge in [0.15, 0.2) is 0 Å².